The molecule has 0 saturated carbocycles. The summed E-state index contributed by atoms with van der Waals surface area (Å²) in [5.74, 6) is 0.599. The Hall–Kier alpha value is -1.97. The average Bonchev–Trinajstić information content (AvgIpc) is 3.02. The SMILES string of the molecule is CN(CC(=O)NCc1ccc(N2CCCCCC2)nc1)S(=O)(=O)c1ccc(Br)cc1. The van der Waals surface area contributed by atoms with Crippen LogP contribution in [-0.2, 0) is 21.4 Å². The highest BCUT2D eigenvalue weighted by atomic mass is 79.9. The van der Waals surface area contributed by atoms with Crippen LogP contribution in [0.2, 0.25) is 0 Å². The van der Waals surface area contributed by atoms with E-state index in [2.05, 4.69) is 31.1 Å². The Morgan fingerprint density at radius 2 is 1.77 bits per heavy atom. The normalized spacial score (nSPS) is 15.1. The lowest BCUT2D eigenvalue weighted by Gasteiger charge is -2.21. The number of likely N-dealkylation sites (N-methyl/N-ethyl adjacent to an activating group) is 1. The number of hydrogen-bond donors (Lipinski definition) is 1. The van der Waals surface area contributed by atoms with Crippen LogP contribution in [0, 0.1) is 0 Å². The maximum atomic E-state index is 12.6. The topological polar surface area (TPSA) is 82.6 Å². The zero-order valence-electron chi connectivity index (χ0n) is 17.1. The van der Waals surface area contributed by atoms with Gasteiger partial charge in [0, 0.05) is 37.4 Å². The minimum atomic E-state index is -3.72. The number of aromatic nitrogens is 1. The van der Waals surface area contributed by atoms with Crippen LogP contribution in [0.5, 0.6) is 0 Å². The van der Waals surface area contributed by atoms with Crippen molar-refractivity contribution in [1.82, 2.24) is 14.6 Å². The number of carbonyl (C=O) groups excluding carboxylic acids is 1. The van der Waals surface area contributed by atoms with E-state index in [1.54, 1.807) is 18.3 Å². The molecule has 0 bridgehead atoms. The van der Waals surface area contributed by atoms with Crippen molar-refractivity contribution < 1.29 is 13.2 Å². The fraction of sp³-hybridized carbons (Fsp3) is 0.429. The summed E-state index contributed by atoms with van der Waals surface area (Å²) in [6.07, 6.45) is 6.69. The Labute approximate surface area is 186 Å². The molecule has 2 heterocycles. The Kier molecular flexibility index (Phi) is 7.85. The predicted molar refractivity (Wildman–Crippen MR) is 121 cm³/mol. The molecule has 1 aromatic heterocycles. The Morgan fingerprint density at radius 3 is 2.37 bits per heavy atom. The molecule has 0 radical (unpaired) electrons. The van der Waals surface area contributed by atoms with Crippen molar-refractivity contribution in [2.75, 3.05) is 31.6 Å². The molecule has 1 N–H and O–H groups in total. The first-order valence-corrected chi connectivity index (χ1v) is 12.3. The van der Waals surface area contributed by atoms with Gasteiger partial charge in [0.05, 0.1) is 11.4 Å². The first-order valence-electron chi connectivity index (χ1n) is 10.0. The van der Waals surface area contributed by atoms with E-state index in [1.165, 1.54) is 44.9 Å². The zero-order chi connectivity index (χ0) is 21.6. The van der Waals surface area contributed by atoms with Crippen LogP contribution in [0.3, 0.4) is 0 Å². The first-order chi connectivity index (χ1) is 14.4. The van der Waals surface area contributed by atoms with Gasteiger partial charge in [-0.3, -0.25) is 4.79 Å². The van der Waals surface area contributed by atoms with Crippen LogP contribution in [0.15, 0.2) is 52.0 Å². The third-order valence-electron chi connectivity index (χ3n) is 5.12. The molecular weight excluding hydrogens is 468 g/mol. The second-order valence-corrected chi connectivity index (χ2v) is 10.4. The smallest absolute Gasteiger partial charge is 0.243 e. The standard InChI is InChI=1S/C21H27BrN4O3S/c1-25(30(28,29)19-9-7-18(22)8-10-19)16-21(27)24-15-17-6-11-20(23-14-17)26-12-4-2-3-5-13-26/h6-11,14H,2-5,12-13,15-16H2,1H3,(H,24,27). The second-order valence-electron chi connectivity index (χ2n) is 7.42. The summed E-state index contributed by atoms with van der Waals surface area (Å²) in [7, 11) is -2.32. The third kappa shape index (κ3) is 6.02. The van der Waals surface area contributed by atoms with Crippen LogP contribution < -0.4 is 10.2 Å². The molecular formula is C21H27BrN4O3S. The van der Waals surface area contributed by atoms with Gasteiger partial charge in [0.2, 0.25) is 15.9 Å². The number of anilines is 1. The third-order valence-corrected chi connectivity index (χ3v) is 7.46. The van der Waals surface area contributed by atoms with E-state index in [0.29, 0.717) is 6.54 Å². The quantitative estimate of drug-likeness (QED) is 0.638. The van der Waals surface area contributed by atoms with Crippen molar-refractivity contribution in [2.24, 2.45) is 0 Å². The lowest BCUT2D eigenvalue weighted by Crippen LogP contribution is -2.38. The number of nitrogens with zero attached hydrogens (tertiary/aromatic N) is 3. The number of pyridine rings is 1. The van der Waals surface area contributed by atoms with Gasteiger partial charge in [-0.05, 0) is 48.7 Å². The molecule has 0 spiro atoms. The highest BCUT2D eigenvalue weighted by Gasteiger charge is 2.22. The molecule has 162 valence electrons. The molecule has 3 rings (SSSR count). The summed E-state index contributed by atoms with van der Waals surface area (Å²) >= 11 is 3.28. The summed E-state index contributed by atoms with van der Waals surface area (Å²) in [5.41, 5.74) is 0.875. The molecule has 1 fully saturated rings. The Balaban J connectivity index is 1.52. The van der Waals surface area contributed by atoms with Gasteiger partial charge in [0.25, 0.3) is 0 Å². The van der Waals surface area contributed by atoms with E-state index < -0.39 is 10.0 Å². The number of halogens is 1. The van der Waals surface area contributed by atoms with Gasteiger partial charge >= 0.3 is 0 Å². The zero-order valence-corrected chi connectivity index (χ0v) is 19.5. The molecule has 1 saturated heterocycles. The highest BCUT2D eigenvalue weighted by molar-refractivity contribution is 9.10. The van der Waals surface area contributed by atoms with Crippen molar-refractivity contribution >= 4 is 37.7 Å². The van der Waals surface area contributed by atoms with Crippen LogP contribution in [-0.4, -0.2) is 50.3 Å². The summed E-state index contributed by atoms with van der Waals surface area (Å²) in [6.45, 7) is 2.11. The molecule has 0 aliphatic carbocycles. The molecule has 1 aliphatic rings. The predicted octanol–water partition coefficient (Wildman–Crippen LogP) is 3.16. The summed E-state index contributed by atoms with van der Waals surface area (Å²) in [6, 6.07) is 10.3. The van der Waals surface area contributed by atoms with Gasteiger partial charge in [-0.1, -0.05) is 34.8 Å². The van der Waals surface area contributed by atoms with Crippen molar-refractivity contribution in [1.29, 1.82) is 0 Å². The molecule has 1 aliphatic heterocycles. The summed E-state index contributed by atoms with van der Waals surface area (Å²) < 4.78 is 27.0. The van der Waals surface area contributed by atoms with Crippen molar-refractivity contribution in [2.45, 2.75) is 37.1 Å². The van der Waals surface area contributed by atoms with Gasteiger partial charge < -0.3 is 10.2 Å². The van der Waals surface area contributed by atoms with Gasteiger partial charge in [0.15, 0.2) is 0 Å². The lowest BCUT2D eigenvalue weighted by molar-refractivity contribution is -0.121. The highest BCUT2D eigenvalue weighted by Crippen LogP contribution is 2.18. The van der Waals surface area contributed by atoms with E-state index in [0.717, 1.165) is 33.2 Å². The van der Waals surface area contributed by atoms with E-state index in [1.807, 2.05) is 12.1 Å². The van der Waals surface area contributed by atoms with Crippen LogP contribution in [0.1, 0.15) is 31.2 Å². The monoisotopic (exact) mass is 494 g/mol. The number of benzene rings is 1. The van der Waals surface area contributed by atoms with E-state index >= 15 is 0 Å². The molecule has 2 aromatic rings. The van der Waals surface area contributed by atoms with Crippen molar-refractivity contribution in [3.8, 4) is 0 Å². The molecule has 1 amide bonds. The largest absolute Gasteiger partial charge is 0.357 e. The van der Waals surface area contributed by atoms with E-state index in [-0.39, 0.29) is 17.3 Å². The maximum Gasteiger partial charge on any atom is 0.243 e. The average molecular weight is 495 g/mol. The fourth-order valence-electron chi connectivity index (χ4n) is 3.34. The maximum absolute atomic E-state index is 12.6. The van der Waals surface area contributed by atoms with Crippen LogP contribution >= 0.6 is 15.9 Å². The Bertz CT molecular complexity index is 941. The minimum absolute atomic E-state index is 0.148. The number of nitrogens with one attached hydrogen (secondary N) is 1. The van der Waals surface area contributed by atoms with Gasteiger partial charge in [-0.2, -0.15) is 4.31 Å². The number of carbonyl (C=O) groups is 1. The molecule has 7 nitrogen and oxygen atoms in total. The Morgan fingerprint density at radius 1 is 1.10 bits per heavy atom. The molecule has 0 atom stereocenters. The number of rotatable bonds is 7. The lowest BCUT2D eigenvalue weighted by atomic mass is 10.2. The molecule has 30 heavy (non-hydrogen) atoms. The van der Waals surface area contributed by atoms with Crippen LogP contribution in [0.4, 0.5) is 5.82 Å². The number of amides is 1. The van der Waals surface area contributed by atoms with Crippen LogP contribution in [0.25, 0.3) is 0 Å². The minimum Gasteiger partial charge on any atom is -0.357 e. The van der Waals surface area contributed by atoms with Crippen molar-refractivity contribution in [3.05, 3.63) is 52.6 Å². The van der Waals surface area contributed by atoms with E-state index in [9.17, 15) is 13.2 Å². The van der Waals surface area contributed by atoms with Gasteiger partial charge in [0.1, 0.15) is 5.82 Å². The first kappa shape index (κ1) is 22.7. The van der Waals surface area contributed by atoms with Crippen molar-refractivity contribution in [3.63, 3.8) is 0 Å². The second kappa shape index (κ2) is 10.4. The number of hydrogen-bond acceptors (Lipinski definition) is 5. The molecule has 1 aromatic carbocycles. The number of sulfonamides is 1. The van der Waals surface area contributed by atoms with Gasteiger partial charge in [-0.25, -0.2) is 13.4 Å². The summed E-state index contributed by atoms with van der Waals surface area (Å²) in [5, 5.41) is 2.77. The summed E-state index contributed by atoms with van der Waals surface area (Å²) in [4.78, 5) is 19.2. The molecule has 0 unspecified atom stereocenters. The van der Waals surface area contributed by atoms with E-state index in [4.69, 9.17) is 0 Å². The fourth-order valence-corrected chi connectivity index (χ4v) is 4.73. The van der Waals surface area contributed by atoms with Gasteiger partial charge in [-0.15, -0.1) is 0 Å². The molecule has 9 heteroatoms.